The van der Waals surface area contributed by atoms with E-state index in [2.05, 4.69) is 43.4 Å². The first kappa shape index (κ1) is 13.0. The van der Waals surface area contributed by atoms with E-state index in [9.17, 15) is 0 Å². The lowest BCUT2D eigenvalue weighted by Crippen LogP contribution is -2.22. The Morgan fingerprint density at radius 3 is 2.65 bits per heavy atom. The monoisotopic (exact) mass is 249 g/mol. The first-order chi connectivity index (χ1) is 8.25. The minimum atomic E-state index is 0.633. The smallest absolute Gasteiger partial charge is 0.0219 e. The van der Waals surface area contributed by atoms with Crippen molar-refractivity contribution in [2.24, 2.45) is 0 Å². The van der Waals surface area contributed by atoms with E-state index >= 15 is 0 Å². The van der Waals surface area contributed by atoms with Crippen molar-refractivity contribution in [3.63, 3.8) is 0 Å². The molecule has 1 fully saturated rings. The molecule has 1 N–H and O–H groups in total. The summed E-state index contributed by atoms with van der Waals surface area (Å²) in [7, 11) is 0. The minimum Gasteiger partial charge on any atom is -0.316 e. The summed E-state index contributed by atoms with van der Waals surface area (Å²) in [5, 5.41) is 4.28. The highest BCUT2D eigenvalue weighted by Crippen LogP contribution is 2.28. The Morgan fingerprint density at radius 2 is 1.94 bits per heavy atom. The topological polar surface area (TPSA) is 12.0 Å². The quantitative estimate of drug-likeness (QED) is 0.867. The van der Waals surface area contributed by atoms with E-state index in [0.717, 1.165) is 11.8 Å². The predicted octanol–water partition coefficient (Wildman–Crippen LogP) is 4.04. The van der Waals surface area contributed by atoms with Crippen molar-refractivity contribution in [2.75, 3.05) is 13.1 Å². The molecule has 1 atom stereocenters. The van der Waals surface area contributed by atoms with Gasteiger partial charge in [0.1, 0.15) is 0 Å². The van der Waals surface area contributed by atoms with E-state index in [1.807, 2.05) is 11.8 Å². The lowest BCUT2D eigenvalue weighted by atomic mass is 10.0. The van der Waals surface area contributed by atoms with Crippen molar-refractivity contribution in [1.29, 1.82) is 0 Å². The Kier molecular flexibility index (Phi) is 4.93. The maximum atomic E-state index is 3.53. The number of benzene rings is 1. The standard InChI is InChI=1S/C15H23NS/c1-12(2)13-6-8-14(9-7-13)17-15-5-3-4-10-16-11-15/h6-9,12,15-16H,3-5,10-11H2,1-2H3. The van der Waals surface area contributed by atoms with Crippen LogP contribution in [0.25, 0.3) is 0 Å². The fraction of sp³-hybridized carbons (Fsp3) is 0.600. The second kappa shape index (κ2) is 6.46. The Balaban J connectivity index is 1.93. The van der Waals surface area contributed by atoms with Gasteiger partial charge in [0, 0.05) is 16.7 Å². The second-order valence-corrected chi connectivity index (χ2v) is 6.54. The summed E-state index contributed by atoms with van der Waals surface area (Å²) in [4.78, 5) is 1.42. The van der Waals surface area contributed by atoms with Gasteiger partial charge >= 0.3 is 0 Å². The Labute approximate surface area is 109 Å². The van der Waals surface area contributed by atoms with Crippen LogP contribution in [-0.4, -0.2) is 18.3 Å². The molecule has 1 aliphatic heterocycles. The molecule has 2 rings (SSSR count). The summed E-state index contributed by atoms with van der Waals surface area (Å²) in [6.07, 6.45) is 4.06. The zero-order valence-corrected chi connectivity index (χ0v) is 11.7. The van der Waals surface area contributed by atoms with Crippen molar-refractivity contribution in [2.45, 2.75) is 49.2 Å². The van der Waals surface area contributed by atoms with Gasteiger partial charge in [0.25, 0.3) is 0 Å². The van der Waals surface area contributed by atoms with E-state index in [1.54, 1.807) is 0 Å². The van der Waals surface area contributed by atoms with Gasteiger partial charge < -0.3 is 5.32 Å². The van der Waals surface area contributed by atoms with Crippen molar-refractivity contribution in [3.05, 3.63) is 29.8 Å². The number of thioether (sulfide) groups is 1. The molecule has 0 amide bonds. The highest BCUT2D eigenvalue weighted by atomic mass is 32.2. The van der Waals surface area contributed by atoms with Gasteiger partial charge in [0.15, 0.2) is 0 Å². The van der Waals surface area contributed by atoms with Crippen LogP contribution in [0.5, 0.6) is 0 Å². The van der Waals surface area contributed by atoms with E-state index < -0.39 is 0 Å². The van der Waals surface area contributed by atoms with Crippen molar-refractivity contribution in [1.82, 2.24) is 5.32 Å². The maximum Gasteiger partial charge on any atom is 0.0219 e. The molecule has 1 unspecified atom stereocenters. The van der Waals surface area contributed by atoms with Crippen LogP contribution in [0.4, 0.5) is 0 Å². The molecular weight excluding hydrogens is 226 g/mol. The third kappa shape index (κ3) is 4.04. The predicted molar refractivity (Wildman–Crippen MR) is 76.9 cm³/mol. The lowest BCUT2D eigenvalue weighted by molar-refractivity contribution is 0.706. The molecule has 0 aliphatic carbocycles. The molecule has 17 heavy (non-hydrogen) atoms. The summed E-state index contributed by atoms with van der Waals surface area (Å²) in [5.41, 5.74) is 1.44. The van der Waals surface area contributed by atoms with Gasteiger partial charge in [-0.3, -0.25) is 0 Å². The van der Waals surface area contributed by atoms with Crippen LogP contribution in [0.2, 0.25) is 0 Å². The van der Waals surface area contributed by atoms with Crippen LogP contribution in [0.1, 0.15) is 44.6 Å². The molecule has 0 aromatic heterocycles. The van der Waals surface area contributed by atoms with E-state index in [-0.39, 0.29) is 0 Å². The number of rotatable bonds is 3. The molecule has 1 heterocycles. The first-order valence-electron chi connectivity index (χ1n) is 6.73. The van der Waals surface area contributed by atoms with Gasteiger partial charge in [-0.25, -0.2) is 0 Å². The van der Waals surface area contributed by atoms with Crippen LogP contribution in [0, 0.1) is 0 Å². The number of hydrogen-bond acceptors (Lipinski definition) is 2. The lowest BCUT2D eigenvalue weighted by Gasteiger charge is -2.14. The molecule has 1 aromatic rings. The van der Waals surface area contributed by atoms with Crippen LogP contribution in [0.3, 0.4) is 0 Å². The third-order valence-corrected chi connectivity index (χ3v) is 4.63. The fourth-order valence-corrected chi connectivity index (χ4v) is 3.38. The van der Waals surface area contributed by atoms with Crippen LogP contribution < -0.4 is 5.32 Å². The van der Waals surface area contributed by atoms with Gasteiger partial charge in [-0.2, -0.15) is 0 Å². The van der Waals surface area contributed by atoms with Crippen molar-refractivity contribution < 1.29 is 0 Å². The summed E-state index contributed by atoms with van der Waals surface area (Å²) >= 11 is 2.04. The number of nitrogens with one attached hydrogen (secondary N) is 1. The Hall–Kier alpha value is -0.470. The summed E-state index contributed by atoms with van der Waals surface area (Å²) in [5.74, 6) is 0.633. The number of hydrogen-bond donors (Lipinski definition) is 1. The fourth-order valence-electron chi connectivity index (χ4n) is 2.21. The average Bonchev–Trinajstić information content (AvgIpc) is 2.58. The SMILES string of the molecule is CC(C)c1ccc(SC2CCCCNC2)cc1. The van der Waals surface area contributed by atoms with E-state index in [4.69, 9.17) is 0 Å². The van der Waals surface area contributed by atoms with E-state index in [0.29, 0.717) is 5.92 Å². The molecule has 1 nitrogen and oxygen atoms in total. The molecule has 0 spiro atoms. The van der Waals surface area contributed by atoms with Gasteiger partial charge in [-0.05, 0) is 43.0 Å². The minimum absolute atomic E-state index is 0.633. The van der Waals surface area contributed by atoms with Crippen LogP contribution in [0.15, 0.2) is 29.2 Å². The molecule has 1 aliphatic rings. The van der Waals surface area contributed by atoms with Crippen LogP contribution >= 0.6 is 11.8 Å². The third-order valence-electron chi connectivity index (χ3n) is 3.35. The molecular formula is C15H23NS. The molecule has 0 saturated carbocycles. The van der Waals surface area contributed by atoms with Gasteiger partial charge in [-0.1, -0.05) is 32.4 Å². The van der Waals surface area contributed by atoms with Crippen LogP contribution in [-0.2, 0) is 0 Å². The zero-order chi connectivity index (χ0) is 12.1. The normalized spacial score (nSPS) is 21.5. The average molecular weight is 249 g/mol. The molecule has 2 heteroatoms. The van der Waals surface area contributed by atoms with Crippen molar-refractivity contribution in [3.8, 4) is 0 Å². The second-order valence-electron chi connectivity index (χ2n) is 5.16. The molecule has 1 aromatic carbocycles. The maximum absolute atomic E-state index is 3.53. The first-order valence-corrected chi connectivity index (χ1v) is 7.61. The highest BCUT2D eigenvalue weighted by molar-refractivity contribution is 8.00. The summed E-state index contributed by atoms with van der Waals surface area (Å²) in [6.45, 7) is 6.86. The Bertz CT molecular complexity index is 323. The zero-order valence-electron chi connectivity index (χ0n) is 10.9. The van der Waals surface area contributed by atoms with Gasteiger partial charge in [-0.15, -0.1) is 11.8 Å². The summed E-state index contributed by atoms with van der Waals surface area (Å²) < 4.78 is 0. The highest BCUT2D eigenvalue weighted by Gasteiger charge is 2.13. The van der Waals surface area contributed by atoms with Gasteiger partial charge in [0.2, 0.25) is 0 Å². The van der Waals surface area contributed by atoms with Gasteiger partial charge in [0.05, 0.1) is 0 Å². The Morgan fingerprint density at radius 1 is 1.18 bits per heavy atom. The largest absolute Gasteiger partial charge is 0.316 e. The molecule has 0 bridgehead atoms. The molecule has 0 radical (unpaired) electrons. The van der Waals surface area contributed by atoms with E-state index in [1.165, 1.54) is 36.3 Å². The molecule has 1 saturated heterocycles. The van der Waals surface area contributed by atoms with Crippen molar-refractivity contribution >= 4 is 11.8 Å². The molecule has 94 valence electrons. The summed E-state index contributed by atoms with van der Waals surface area (Å²) in [6, 6.07) is 9.12.